The molecule has 0 atom stereocenters. The molecule has 0 aliphatic rings. The summed E-state index contributed by atoms with van der Waals surface area (Å²) in [4.78, 5) is 16.3. The molecule has 20 heavy (non-hydrogen) atoms. The molecule has 1 amide bonds. The van der Waals surface area contributed by atoms with Crippen LogP contribution in [-0.2, 0) is 0 Å². The van der Waals surface area contributed by atoms with Crippen molar-refractivity contribution >= 4 is 27.5 Å². The van der Waals surface area contributed by atoms with E-state index in [9.17, 15) is 4.79 Å². The van der Waals surface area contributed by atoms with Crippen molar-refractivity contribution in [3.8, 4) is 5.75 Å². The van der Waals surface area contributed by atoms with Gasteiger partial charge < -0.3 is 10.1 Å². The molecule has 0 unspecified atom stereocenters. The fourth-order valence-electron chi connectivity index (χ4n) is 1.63. The number of ether oxygens (including phenoxy) is 1. The first kappa shape index (κ1) is 14.5. The van der Waals surface area contributed by atoms with Crippen LogP contribution >= 0.6 is 15.9 Å². The molecule has 0 fully saturated rings. The smallest absolute Gasteiger partial charge is 0.274 e. The van der Waals surface area contributed by atoms with E-state index < -0.39 is 0 Å². The summed E-state index contributed by atoms with van der Waals surface area (Å²) in [5.41, 5.74) is 0.998. The molecule has 0 aliphatic carbocycles. The van der Waals surface area contributed by atoms with Gasteiger partial charge in [-0.15, -0.1) is 0 Å². The van der Waals surface area contributed by atoms with Crippen LogP contribution in [0.5, 0.6) is 5.75 Å². The molecule has 0 aliphatic heterocycles. The zero-order valence-electron chi connectivity index (χ0n) is 11.1. The zero-order chi connectivity index (χ0) is 14.4. The van der Waals surface area contributed by atoms with Gasteiger partial charge in [-0.3, -0.25) is 4.79 Å². The summed E-state index contributed by atoms with van der Waals surface area (Å²) in [5.74, 6) is 0.400. The minimum atomic E-state index is -0.265. The highest BCUT2D eigenvalue weighted by Gasteiger charge is 2.11. The second-order valence-corrected chi connectivity index (χ2v) is 4.96. The summed E-state index contributed by atoms with van der Waals surface area (Å²) in [5, 5.41) is 2.82. The Morgan fingerprint density at radius 1 is 1.25 bits per heavy atom. The largest absolute Gasteiger partial charge is 0.491 e. The highest BCUT2D eigenvalue weighted by Crippen LogP contribution is 2.24. The highest BCUT2D eigenvalue weighted by atomic mass is 79.9. The van der Waals surface area contributed by atoms with Crippen molar-refractivity contribution in [3.63, 3.8) is 0 Å². The third-order valence-corrected chi connectivity index (χ3v) is 2.99. The second-order valence-electron chi connectivity index (χ2n) is 4.14. The van der Waals surface area contributed by atoms with E-state index in [2.05, 4.69) is 26.2 Å². The van der Waals surface area contributed by atoms with Gasteiger partial charge in [-0.2, -0.15) is 0 Å². The molecule has 0 radical (unpaired) electrons. The molecule has 0 saturated heterocycles. The van der Waals surface area contributed by atoms with Gasteiger partial charge in [0.05, 0.1) is 12.3 Å². The Balaban J connectivity index is 2.15. The third-order valence-electron chi connectivity index (χ3n) is 2.54. The lowest BCUT2D eigenvalue weighted by atomic mass is 10.2. The Labute approximate surface area is 126 Å². The molecule has 2 rings (SSSR count). The number of halogens is 1. The summed E-state index contributed by atoms with van der Waals surface area (Å²) in [6.07, 6.45) is 0.912. The molecule has 0 spiro atoms. The summed E-state index contributed by atoms with van der Waals surface area (Å²) in [7, 11) is 0. The Morgan fingerprint density at radius 3 is 2.80 bits per heavy atom. The van der Waals surface area contributed by atoms with Crippen LogP contribution in [0.15, 0.2) is 47.1 Å². The number of hydrogen-bond acceptors (Lipinski definition) is 3. The van der Waals surface area contributed by atoms with Crippen molar-refractivity contribution in [3.05, 3.63) is 52.8 Å². The number of nitrogens with one attached hydrogen (secondary N) is 1. The Kier molecular flexibility index (Phi) is 5.12. The van der Waals surface area contributed by atoms with Crippen LogP contribution in [0, 0.1) is 0 Å². The molecule has 1 aromatic heterocycles. The Bertz CT molecular complexity index is 602. The molecule has 104 valence electrons. The van der Waals surface area contributed by atoms with Crippen molar-refractivity contribution in [2.45, 2.75) is 13.3 Å². The predicted octanol–water partition coefficient (Wildman–Crippen LogP) is 3.89. The van der Waals surface area contributed by atoms with E-state index >= 15 is 0 Å². The first-order valence-electron chi connectivity index (χ1n) is 6.36. The number of aromatic nitrogens is 1. The van der Waals surface area contributed by atoms with Crippen LogP contribution in [0.2, 0.25) is 0 Å². The number of anilines is 1. The second kappa shape index (κ2) is 7.05. The highest BCUT2D eigenvalue weighted by molar-refractivity contribution is 9.10. The summed E-state index contributed by atoms with van der Waals surface area (Å²) in [6, 6.07) is 12.6. The average Bonchev–Trinajstić information content (AvgIpc) is 2.46. The number of amides is 1. The minimum absolute atomic E-state index is 0.265. The SMILES string of the molecule is CCCOc1ccccc1NC(=O)c1cccc(Br)n1. The average molecular weight is 335 g/mol. The van der Waals surface area contributed by atoms with Crippen LogP contribution in [0.25, 0.3) is 0 Å². The van der Waals surface area contributed by atoms with Crippen molar-refractivity contribution in [1.82, 2.24) is 4.98 Å². The van der Waals surface area contributed by atoms with E-state index in [4.69, 9.17) is 4.74 Å². The summed E-state index contributed by atoms with van der Waals surface area (Å²) >= 11 is 3.25. The van der Waals surface area contributed by atoms with Crippen LogP contribution in [-0.4, -0.2) is 17.5 Å². The fourth-order valence-corrected chi connectivity index (χ4v) is 1.97. The van der Waals surface area contributed by atoms with Crippen LogP contribution in [0.1, 0.15) is 23.8 Å². The number of benzene rings is 1. The van der Waals surface area contributed by atoms with Crippen molar-refractivity contribution in [2.24, 2.45) is 0 Å². The number of rotatable bonds is 5. The molecule has 1 heterocycles. The topological polar surface area (TPSA) is 51.2 Å². The number of carbonyl (C=O) groups excluding carboxylic acids is 1. The maximum Gasteiger partial charge on any atom is 0.274 e. The number of nitrogens with zero attached hydrogens (tertiary/aromatic N) is 1. The first-order chi connectivity index (χ1) is 9.70. The van der Waals surface area contributed by atoms with Gasteiger partial charge in [0.15, 0.2) is 0 Å². The van der Waals surface area contributed by atoms with Gasteiger partial charge in [0, 0.05) is 0 Å². The maximum absolute atomic E-state index is 12.1. The molecular formula is C15H15BrN2O2. The van der Waals surface area contributed by atoms with Crippen LogP contribution in [0.4, 0.5) is 5.69 Å². The predicted molar refractivity (Wildman–Crippen MR) is 82.1 cm³/mol. The molecule has 4 nitrogen and oxygen atoms in total. The molecule has 0 bridgehead atoms. The van der Waals surface area contributed by atoms with E-state index in [-0.39, 0.29) is 5.91 Å². The fraction of sp³-hybridized carbons (Fsp3) is 0.200. The summed E-state index contributed by atoms with van der Waals surface area (Å²) < 4.78 is 6.23. The van der Waals surface area contributed by atoms with Gasteiger partial charge in [-0.05, 0) is 46.6 Å². The van der Waals surface area contributed by atoms with E-state index in [1.165, 1.54) is 0 Å². The lowest BCUT2D eigenvalue weighted by Crippen LogP contribution is -2.14. The van der Waals surface area contributed by atoms with Gasteiger partial charge in [0.2, 0.25) is 0 Å². The van der Waals surface area contributed by atoms with E-state index in [1.54, 1.807) is 24.3 Å². The lowest BCUT2D eigenvalue weighted by molar-refractivity contribution is 0.102. The monoisotopic (exact) mass is 334 g/mol. The van der Waals surface area contributed by atoms with Crippen LogP contribution < -0.4 is 10.1 Å². The van der Waals surface area contributed by atoms with Gasteiger partial charge in [0.1, 0.15) is 16.0 Å². The Morgan fingerprint density at radius 2 is 2.05 bits per heavy atom. The maximum atomic E-state index is 12.1. The molecule has 5 heteroatoms. The van der Waals surface area contributed by atoms with Crippen LogP contribution in [0.3, 0.4) is 0 Å². The van der Waals surface area contributed by atoms with Crippen molar-refractivity contribution < 1.29 is 9.53 Å². The standard InChI is InChI=1S/C15H15BrN2O2/c1-2-10-20-13-8-4-3-6-11(13)18-15(19)12-7-5-9-14(16)17-12/h3-9H,2,10H2,1H3,(H,18,19). The Hall–Kier alpha value is -1.88. The molecule has 1 N–H and O–H groups in total. The molecule has 0 saturated carbocycles. The van der Waals surface area contributed by atoms with Crippen molar-refractivity contribution in [2.75, 3.05) is 11.9 Å². The molecule has 1 aromatic carbocycles. The number of para-hydroxylation sites is 2. The van der Waals surface area contributed by atoms with E-state index in [1.807, 2.05) is 25.1 Å². The number of carbonyl (C=O) groups is 1. The minimum Gasteiger partial charge on any atom is -0.491 e. The molecular weight excluding hydrogens is 320 g/mol. The number of hydrogen-bond donors (Lipinski definition) is 1. The first-order valence-corrected chi connectivity index (χ1v) is 7.15. The normalized spacial score (nSPS) is 10.1. The van der Waals surface area contributed by atoms with E-state index in [0.29, 0.717) is 28.3 Å². The quantitative estimate of drug-likeness (QED) is 0.844. The zero-order valence-corrected chi connectivity index (χ0v) is 12.7. The van der Waals surface area contributed by atoms with Crippen molar-refractivity contribution in [1.29, 1.82) is 0 Å². The number of pyridine rings is 1. The van der Waals surface area contributed by atoms with Gasteiger partial charge in [-0.1, -0.05) is 25.1 Å². The third kappa shape index (κ3) is 3.81. The summed E-state index contributed by atoms with van der Waals surface area (Å²) in [6.45, 7) is 2.65. The lowest BCUT2D eigenvalue weighted by Gasteiger charge is -2.11. The van der Waals surface area contributed by atoms with Gasteiger partial charge in [0.25, 0.3) is 5.91 Å². The van der Waals surface area contributed by atoms with E-state index in [0.717, 1.165) is 6.42 Å². The molecule has 2 aromatic rings. The van der Waals surface area contributed by atoms with Gasteiger partial charge >= 0.3 is 0 Å². The van der Waals surface area contributed by atoms with Gasteiger partial charge in [-0.25, -0.2) is 4.98 Å².